The molecule has 0 saturated carbocycles. The highest BCUT2D eigenvalue weighted by Crippen LogP contribution is 2.20. The van der Waals surface area contributed by atoms with E-state index < -0.39 is 0 Å². The predicted octanol–water partition coefficient (Wildman–Crippen LogP) is 2.04. The Morgan fingerprint density at radius 1 is 1.33 bits per heavy atom. The lowest BCUT2D eigenvalue weighted by molar-refractivity contribution is 0.274. The van der Waals surface area contributed by atoms with Crippen LogP contribution in [0.15, 0.2) is 24.3 Å². The number of hydrogen-bond acceptors (Lipinski definition) is 3. The molecule has 15 heavy (non-hydrogen) atoms. The molecule has 84 valence electrons. The molecule has 0 aliphatic heterocycles. The average molecular weight is 208 g/mol. The minimum Gasteiger partial charge on any atom is -0.492 e. The van der Waals surface area contributed by atoms with Crippen LogP contribution in [0, 0.1) is 0 Å². The molecule has 1 unspecified atom stereocenters. The summed E-state index contributed by atoms with van der Waals surface area (Å²) in [5.41, 5.74) is 3.94. The molecule has 1 aromatic carbocycles. The van der Waals surface area contributed by atoms with Crippen molar-refractivity contribution in [1.82, 2.24) is 5.43 Å². The molecule has 0 radical (unpaired) electrons. The number of hydrogen-bond donors (Lipinski definition) is 2. The van der Waals surface area contributed by atoms with Gasteiger partial charge in [0.1, 0.15) is 12.4 Å². The Morgan fingerprint density at radius 3 is 2.67 bits per heavy atom. The second kappa shape index (κ2) is 5.73. The predicted molar refractivity (Wildman–Crippen MR) is 62.8 cm³/mol. The summed E-state index contributed by atoms with van der Waals surface area (Å²) in [5, 5.41) is 0. The Bertz CT molecular complexity index is 299. The van der Waals surface area contributed by atoms with Gasteiger partial charge in [-0.3, -0.25) is 11.3 Å². The Hall–Kier alpha value is -1.06. The zero-order valence-corrected chi connectivity index (χ0v) is 9.66. The molecule has 0 fully saturated rings. The summed E-state index contributed by atoms with van der Waals surface area (Å²) < 4.78 is 5.61. The smallest absolute Gasteiger partial charge is 0.119 e. The standard InChI is InChI=1S/C12H20N2O/c1-9(2)11-5-4-6-12(7-11)15-8-10(3)14-13/h4-7,9-10,14H,8,13H2,1-3H3. The first-order valence-electron chi connectivity index (χ1n) is 5.32. The maximum Gasteiger partial charge on any atom is 0.119 e. The molecule has 0 bridgehead atoms. The molecule has 3 heteroatoms. The molecule has 3 nitrogen and oxygen atoms in total. The van der Waals surface area contributed by atoms with E-state index in [1.807, 2.05) is 19.1 Å². The molecule has 0 heterocycles. The monoisotopic (exact) mass is 208 g/mol. The van der Waals surface area contributed by atoms with E-state index >= 15 is 0 Å². The first kappa shape index (κ1) is 12.0. The van der Waals surface area contributed by atoms with Crippen molar-refractivity contribution in [2.75, 3.05) is 6.61 Å². The summed E-state index contributed by atoms with van der Waals surface area (Å²) in [5.74, 6) is 6.72. The summed E-state index contributed by atoms with van der Waals surface area (Å²) >= 11 is 0. The van der Waals surface area contributed by atoms with Crippen LogP contribution in [0.5, 0.6) is 5.75 Å². The van der Waals surface area contributed by atoms with Crippen LogP contribution >= 0.6 is 0 Å². The van der Waals surface area contributed by atoms with E-state index in [1.165, 1.54) is 5.56 Å². The van der Waals surface area contributed by atoms with Crippen molar-refractivity contribution in [3.05, 3.63) is 29.8 Å². The van der Waals surface area contributed by atoms with E-state index in [2.05, 4.69) is 31.4 Å². The van der Waals surface area contributed by atoms with Gasteiger partial charge in [0.25, 0.3) is 0 Å². The van der Waals surface area contributed by atoms with Crippen LogP contribution in [0.3, 0.4) is 0 Å². The summed E-state index contributed by atoms with van der Waals surface area (Å²) in [7, 11) is 0. The number of nitrogens with two attached hydrogens (primary N) is 1. The van der Waals surface area contributed by atoms with Crippen LogP contribution in [-0.2, 0) is 0 Å². The Kier molecular flexibility index (Phi) is 4.59. The maximum atomic E-state index is 5.61. The lowest BCUT2D eigenvalue weighted by Crippen LogP contribution is -2.36. The number of ether oxygens (including phenoxy) is 1. The highest BCUT2D eigenvalue weighted by Gasteiger charge is 2.03. The van der Waals surface area contributed by atoms with Gasteiger partial charge in [0.05, 0.1) is 6.04 Å². The maximum absolute atomic E-state index is 5.61. The third-order valence-corrected chi connectivity index (χ3v) is 2.31. The van der Waals surface area contributed by atoms with Gasteiger partial charge in [0.15, 0.2) is 0 Å². The molecule has 0 aliphatic carbocycles. The van der Waals surface area contributed by atoms with Crippen LogP contribution in [0.4, 0.5) is 0 Å². The van der Waals surface area contributed by atoms with Crippen molar-refractivity contribution < 1.29 is 4.74 Å². The van der Waals surface area contributed by atoms with Gasteiger partial charge in [-0.2, -0.15) is 0 Å². The molecule has 1 atom stereocenters. The van der Waals surface area contributed by atoms with Gasteiger partial charge in [-0.05, 0) is 30.5 Å². The number of nitrogens with one attached hydrogen (secondary N) is 1. The SMILES string of the molecule is CC(COc1cccc(C(C)C)c1)NN. The van der Waals surface area contributed by atoms with Crippen molar-refractivity contribution in [3.8, 4) is 5.75 Å². The summed E-state index contributed by atoms with van der Waals surface area (Å²) in [6.07, 6.45) is 0. The molecule has 1 rings (SSSR count). The largest absolute Gasteiger partial charge is 0.492 e. The van der Waals surface area contributed by atoms with Crippen molar-refractivity contribution in [2.24, 2.45) is 5.84 Å². The minimum absolute atomic E-state index is 0.160. The molecule has 0 aromatic heterocycles. The van der Waals surface area contributed by atoms with Gasteiger partial charge in [-0.25, -0.2) is 0 Å². The summed E-state index contributed by atoms with van der Waals surface area (Å²) in [4.78, 5) is 0. The van der Waals surface area contributed by atoms with Gasteiger partial charge in [-0.1, -0.05) is 26.0 Å². The fourth-order valence-corrected chi connectivity index (χ4v) is 1.23. The van der Waals surface area contributed by atoms with Gasteiger partial charge < -0.3 is 4.74 Å². The van der Waals surface area contributed by atoms with Crippen molar-refractivity contribution >= 4 is 0 Å². The van der Waals surface area contributed by atoms with Gasteiger partial charge in [0, 0.05) is 0 Å². The topological polar surface area (TPSA) is 47.3 Å². The Balaban J connectivity index is 2.58. The van der Waals surface area contributed by atoms with E-state index in [0.29, 0.717) is 12.5 Å². The van der Waals surface area contributed by atoms with E-state index in [1.54, 1.807) is 0 Å². The van der Waals surface area contributed by atoms with Crippen LogP contribution in [0.1, 0.15) is 32.3 Å². The molecular formula is C12H20N2O. The summed E-state index contributed by atoms with van der Waals surface area (Å²) in [6, 6.07) is 8.34. The Morgan fingerprint density at radius 2 is 2.07 bits per heavy atom. The molecular weight excluding hydrogens is 188 g/mol. The van der Waals surface area contributed by atoms with Crippen molar-refractivity contribution in [1.29, 1.82) is 0 Å². The lowest BCUT2D eigenvalue weighted by Gasteiger charge is -2.13. The molecule has 1 aromatic rings. The molecule has 3 N–H and O–H groups in total. The van der Waals surface area contributed by atoms with Gasteiger partial charge in [-0.15, -0.1) is 0 Å². The van der Waals surface area contributed by atoms with E-state index in [4.69, 9.17) is 10.6 Å². The minimum atomic E-state index is 0.160. The van der Waals surface area contributed by atoms with Crippen molar-refractivity contribution in [3.63, 3.8) is 0 Å². The van der Waals surface area contributed by atoms with Crippen LogP contribution in [-0.4, -0.2) is 12.6 Å². The number of hydrazine groups is 1. The average Bonchev–Trinajstić information content (AvgIpc) is 2.26. The first-order chi connectivity index (χ1) is 7.13. The number of rotatable bonds is 5. The van der Waals surface area contributed by atoms with Crippen LogP contribution < -0.4 is 16.0 Å². The normalized spacial score (nSPS) is 12.9. The highest BCUT2D eigenvalue weighted by molar-refractivity contribution is 5.30. The lowest BCUT2D eigenvalue weighted by atomic mass is 10.0. The Labute approximate surface area is 91.6 Å². The van der Waals surface area contributed by atoms with E-state index in [9.17, 15) is 0 Å². The third-order valence-electron chi connectivity index (χ3n) is 2.31. The summed E-state index contributed by atoms with van der Waals surface area (Å²) in [6.45, 7) is 6.90. The zero-order valence-electron chi connectivity index (χ0n) is 9.66. The fraction of sp³-hybridized carbons (Fsp3) is 0.500. The zero-order chi connectivity index (χ0) is 11.3. The van der Waals surface area contributed by atoms with Crippen LogP contribution in [0.2, 0.25) is 0 Å². The van der Waals surface area contributed by atoms with E-state index in [0.717, 1.165) is 5.75 Å². The van der Waals surface area contributed by atoms with Crippen molar-refractivity contribution in [2.45, 2.75) is 32.7 Å². The first-order valence-corrected chi connectivity index (χ1v) is 5.32. The number of benzene rings is 1. The highest BCUT2D eigenvalue weighted by atomic mass is 16.5. The molecule has 0 aliphatic rings. The quantitative estimate of drug-likeness (QED) is 0.575. The van der Waals surface area contributed by atoms with E-state index in [-0.39, 0.29) is 6.04 Å². The van der Waals surface area contributed by atoms with Gasteiger partial charge >= 0.3 is 0 Å². The third kappa shape index (κ3) is 3.90. The van der Waals surface area contributed by atoms with Gasteiger partial charge in [0.2, 0.25) is 0 Å². The second-order valence-corrected chi connectivity index (χ2v) is 4.11. The second-order valence-electron chi connectivity index (χ2n) is 4.11. The molecule has 0 spiro atoms. The fourth-order valence-electron chi connectivity index (χ4n) is 1.23. The molecule has 0 saturated heterocycles. The van der Waals surface area contributed by atoms with Crippen LogP contribution in [0.25, 0.3) is 0 Å². The molecule has 0 amide bonds.